The summed E-state index contributed by atoms with van der Waals surface area (Å²) in [6.07, 6.45) is 5.79. The Labute approximate surface area is 211 Å². The van der Waals surface area contributed by atoms with E-state index in [0.717, 1.165) is 46.2 Å². The second kappa shape index (κ2) is 11.2. The average molecular weight is 495 g/mol. The molecule has 0 aliphatic heterocycles. The predicted molar refractivity (Wildman–Crippen MR) is 141 cm³/mol. The van der Waals surface area contributed by atoms with Gasteiger partial charge in [0.05, 0.1) is 20.0 Å². The van der Waals surface area contributed by atoms with Crippen LogP contribution in [0.15, 0.2) is 35.5 Å². The Hall–Kier alpha value is -3.00. The van der Waals surface area contributed by atoms with Gasteiger partial charge in [-0.1, -0.05) is 48.7 Å². The summed E-state index contributed by atoms with van der Waals surface area (Å²) in [6.45, 7) is 6.12. The van der Waals surface area contributed by atoms with E-state index in [-0.39, 0.29) is 11.7 Å². The third-order valence-electron chi connectivity index (χ3n) is 6.52. The Morgan fingerprint density at radius 2 is 1.69 bits per heavy atom. The van der Waals surface area contributed by atoms with Crippen LogP contribution in [0.5, 0.6) is 11.5 Å². The smallest absolute Gasteiger partial charge is 0.234 e. The van der Waals surface area contributed by atoms with Crippen molar-refractivity contribution in [1.82, 2.24) is 14.8 Å². The summed E-state index contributed by atoms with van der Waals surface area (Å²) in [5, 5.41) is 12.9. The Bertz CT molecular complexity index is 1180. The maximum Gasteiger partial charge on any atom is 0.234 e. The number of thioether (sulfide) groups is 1. The first kappa shape index (κ1) is 25.1. The lowest BCUT2D eigenvalue weighted by Crippen LogP contribution is -2.18. The van der Waals surface area contributed by atoms with E-state index in [1.807, 2.05) is 32.0 Å². The molecule has 1 amide bonds. The van der Waals surface area contributed by atoms with Gasteiger partial charge >= 0.3 is 0 Å². The summed E-state index contributed by atoms with van der Waals surface area (Å²) < 4.78 is 13.1. The molecule has 0 unspecified atom stereocenters. The fourth-order valence-electron chi connectivity index (χ4n) is 4.90. The van der Waals surface area contributed by atoms with Gasteiger partial charge in [0.1, 0.15) is 0 Å². The molecule has 0 radical (unpaired) electrons. The zero-order valence-corrected chi connectivity index (χ0v) is 22.0. The molecule has 3 aromatic rings. The Kier molecular flexibility index (Phi) is 8.00. The molecule has 35 heavy (non-hydrogen) atoms. The second-order valence-electron chi connectivity index (χ2n) is 9.15. The third-order valence-corrected chi connectivity index (χ3v) is 7.46. The Morgan fingerprint density at radius 1 is 1.00 bits per heavy atom. The number of carbonyl (C=O) groups excluding carboxylic acids is 1. The predicted octanol–water partition coefficient (Wildman–Crippen LogP) is 6.12. The number of aromatic nitrogens is 3. The number of ether oxygens (including phenoxy) is 2. The van der Waals surface area contributed by atoms with Crippen molar-refractivity contribution < 1.29 is 14.3 Å². The van der Waals surface area contributed by atoms with E-state index in [1.54, 1.807) is 14.2 Å². The number of hydrogen-bond donors (Lipinski definition) is 1. The average Bonchev–Trinajstić information content (AvgIpc) is 3.29. The number of amides is 1. The fraction of sp³-hybridized carbons (Fsp3) is 0.444. The lowest BCUT2D eigenvalue weighted by molar-refractivity contribution is -0.113. The van der Waals surface area contributed by atoms with Gasteiger partial charge in [0.2, 0.25) is 5.91 Å². The fourth-order valence-corrected chi connectivity index (χ4v) is 5.70. The van der Waals surface area contributed by atoms with E-state index in [0.29, 0.717) is 17.5 Å². The Balaban J connectivity index is 1.58. The van der Waals surface area contributed by atoms with Gasteiger partial charge in [-0.2, -0.15) is 0 Å². The lowest BCUT2D eigenvalue weighted by Gasteiger charge is -2.25. The topological polar surface area (TPSA) is 78.3 Å². The lowest BCUT2D eigenvalue weighted by atomic mass is 9.95. The number of nitrogens with one attached hydrogen (secondary N) is 1. The van der Waals surface area contributed by atoms with Crippen LogP contribution in [0.3, 0.4) is 0 Å². The first-order valence-electron chi connectivity index (χ1n) is 12.1. The van der Waals surface area contributed by atoms with Gasteiger partial charge in [-0.25, -0.2) is 0 Å². The van der Waals surface area contributed by atoms with Crippen molar-refractivity contribution in [1.29, 1.82) is 0 Å². The molecule has 4 rings (SSSR count). The SMILES string of the molecule is COc1ccc(-c2nnc(SCC(=O)Nc3c(C)cc(C)cc3C)n2C2CCCCC2)cc1OC. The number of aryl methyl sites for hydroxylation is 3. The van der Waals surface area contributed by atoms with Crippen molar-refractivity contribution in [3.8, 4) is 22.9 Å². The molecule has 1 heterocycles. The molecule has 0 atom stereocenters. The van der Waals surface area contributed by atoms with Crippen LogP contribution in [-0.4, -0.2) is 40.6 Å². The number of rotatable bonds is 8. The third kappa shape index (κ3) is 5.64. The minimum absolute atomic E-state index is 0.0455. The highest BCUT2D eigenvalue weighted by Gasteiger charge is 2.25. The molecule has 0 spiro atoms. The normalized spacial score (nSPS) is 14.1. The summed E-state index contributed by atoms with van der Waals surface area (Å²) in [5.74, 6) is 2.35. The molecular formula is C27H34N4O3S. The van der Waals surface area contributed by atoms with Crippen LogP contribution in [0, 0.1) is 20.8 Å². The van der Waals surface area contributed by atoms with E-state index < -0.39 is 0 Å². The first-order chi connectivity index (χ1) is 16.9. The zero-order chi connectivity index (χ0) is 24.9. The van der Waals surface area contributed by atoms with Crippen molar-refractivity contribution in [3.63, 3.8) is 0 Å². The van der Waals surface area contributed by atoms with E-state index in [1.165, 1.54) is 36.6 Å². The molecule has 186 valence electrons. The van der Waals surface area contributed by atoms with Crippen LogP contribution in [0.1, 0.15) is 54.8 Å². The van der Waals surface area contributed by atoms with Gasteiger partial charge in [0.25, 0.3) is 0 Å². The largest absolute Gasteiger partial charge is 0.493 e. The van der Waals surface area contributed by atoms with Crippen molar-refractivity contribution in [2.45, 2.75) is 64.1 Å². The number of methoxy groups -OCH3 is 2. The van der Waals surface area contributed by atoms with Crippen LogP contribution in [0.25, 0.3) is 11.4 Å². The van der Waals surface area contributed by atoms with Crippen LogP contribution in [0.4, 0.5) is 5.69 Å². The van der Waals surface area contributed by atoms with Gasteiger partial charge in [-0.05, 0) is 62.9 Å². The minimum atomic E-state index is -0.0455. The van der Waals surface area contributed by atoms with Crippen LogP contribution in [0.2, 0.25) is 0 Å². The van der Waals surface area contributed by atoms with E-state index in [4.69, 9.17) is 9.47 Å². The standard InChI is InChI=1S/C27H34N4O3S/c1-17-13-18(2)25(19(3)14-17)28-24(32)16-35-27-30-29-26(31(27)21-9-7-6-8-10-21)20-11-12-22(33-4)23(15-20)34-5/h11-15,21H,6-10,16H2,1-5H3,(H,28,32). The molecule has 0 bridgehead atoms. The number of hydrogen-bond acceptors (Lipinski definition) is 6. The number of anilines is 1. The van der Waals surface area contributed by atoms with Crippen LogP contribution < -0.4 is 14.8 Å². The second-order valence-corrected chi connectivity index (χ2v) is 10.1. The van der Waals surface area contributed by atoms with E-state index in [9.17, 15) is 4.79 Å². The molecule has 1 aliphatic carbocycles. The van der Waals surface area contributed by atoms with E-state index in [2.05, 4.69) is 39.1 Å². The highest BCUT2D eigenvalue weighted by atomic mass is 32.2. The van der Waals surface area contributed by atoms with Crippen molar-refractivity contribution >= 4 is 23.4 Å². The highest BCUT2D eigenvalue weighted by molar-refractivity contribution is 7.99. The Morgan fingerprint density at radius 3 is 2.34 bits per heavy atom. The molecule has 1 N–H and O–H groups in total. The van der Waals surface area contributed by atoms with Crippen molar-refractivity contribution in [2.24, 2.45) is 0 Å². The molecule has 1 fully saturated rings. The minimum Gasteiger partial charge on any atom is -0.493 e. The number of nitrogens with zero attached hydrogens (tertiary/aromatic N) is 3. The van der Waals surface area contributed by atoms with Gasteiger partial charge in [-0.15, -0.1) is 10.2 Å². The zero-order valence-electron chi connectivity index (χ0n) is 21.2. The molecule has 8 heteroatoms. The molecule has 1 aliphatic rings. The van der Waals surface area contributed by atoms with Gasteiger partial charge in [0.15, 0.2) is 22.5 Å². The molecule has 2 aromatic carbocycles. The monoisotopic (exact) mass is 494 g/mol. The quantitative estimate of drug-likeness (QED) is 0.380. The number of carbonyl (C=O) groups is 1. The van der Waals surface area contributed by atoms with E-state index >= 15 is 0 Å². The maximum absolute atomic E-state index is 12.9. The van der Waals surface area contributed by atoms with Crippen molar-refractivity contribution in [3.05, 3.63) is 47.0 Å². The van der Waals surface area contributed by atoms with Gasteiger partial charge in [-0.3, -0.25) is 9.36 Å². The van der Waals surface area contributed by atoms with Gasteiger partial charge < -0.3 is 14.8 Å². The molecule has 0 saturated heterocycles. The van der Waals surface area contributed by atoms with Crippen LogP contribution in [-0.2, 0) is 4.79 Å². The molecular weight excluding hydrogens is 460 g/mol. The molecule has 1 saturated carbocycles. The number of benzene rings is 2. The first-order valence-corrected chi connectivity index (χ1v) is 13.1. The summed E-state index contributed by atoms with van der Waals surface area (Å²) in [7, 11) is 3.26. The van der Waals surface area contributed by atoms with Gasteiger partial charge in [0, 0.05) is 17.3 Å². The summed E-state index contributed by atoms with van der Waals surface area (Å²) in [4.78, 5) is 12.9. The maximum atomic E-state index is 12.9. The summed E-state index contributed by atoms with van der Waals surface area (Å²) >= 11 is 1.44. The highest BCUT2D eigenvalue weighted by Crippen LogP contribution is 2.38. The summed E-state index contributed by atoms with van der Waals surface area (Å²) in [5.41, 5.74) is 5.14. The summed E-state index contributed by atoms with van der Waals surface area (Å²) in [6, 6.07) is 10.3. The van der Waals surface area contributed by atoms with Crippen molar-refractivity contribution in [2.75, 3.05) is 25.3 Å². The molecule has 1 aromatic heterocycles. The molecule has 7 nitrogen and oxygen atoms in total. The van der Waals surface area contributed by atoms with Crippen LogP contribution >= 0.6 is 11.8 Å².